The molecule has 76 valence electrons. The zero-order valence-corrected chi connectivity index (χ0v) is 8.32. The second-order valence-corrected chi connectivity index (χ2v) is 3.97. The molecule has 1 saturated carbocycles. The standard InChI is InChI=1S/C12H17NO/c14-12-8-4-7-11(12)13-9-10-5-2-1-3-6-10/h1-3,5-6,11-14H,4,7-9H2/t11-,12+/m0/s1. The van der Waals surface area contributed by atoms with Crippen LogP contribution in [-0.4, -0.2) is 17.3 Å². The lowest BCUT2D eigenvalue weighted by molar-refractivity contribution is 0.148. The minimum absolute atomic E-state index is 0.140. The first-order chi connectivity index (χ1) is 6.86. The van der Waals surface area contributed by atoms with Crippen molar-refractivity contribution in [3.63, 3.8) is 0 Å². The highest BCUT2D eigenvalue weighted by molar-refractivity contribution is 5.14. The van der Waals surface area contributed by atoms with Gasteiger partial charge in [0.15, 0.2) is 0 Å². The van der Waals surface area contributed by atoms with E-state index in [0.717, 1.165) is 25.8 Å². The fraction of sp³-hybridized carbons (Fsp3) is 0.500. The third kappa shape index (κ3) is 2.34. The minimum Gasteiger partial charge on any atom is -0.392 e. The number of nitrogens with one attached hydrogen (secondary N) is 1. The third-order valence-corrected chi connectivity index (χ3v) is 2.89. The number of hydrogen-bond acceptors (Lipinski definition) is 2. The predicted molar refractivity (Wildman–Crippen MR) is 56.9 cm³/mol. The Labute approximate surface area is 85.0 Å². The first-order valence-corrected chi connectivity index (χ1v) is 5.31. The van der Waals surface area contributed by atoms with Gasteiger partial charge in [-0.1, -0.05) is 30.3 Å². The largest absolute Gasteiger partial charge is 0.392 e. The van der Waals surface area contributed by atoms with E-state index in [2.05, 4.69) is 17.4 Å². The summed E-state index contributed by atoms with van der Waals surface area (Å²) < 4.78 is 0. The molecule has 0 aromatic heterocycles. The van der Waals surface area contributed by atoms with E-state index in [4.69, 9.17) is 0 Å². The van der Waals surface area contributed by atoms with Gasteiger partial charge in [-0.3, -0.25) is 0 Å². The van der Waals surface area contributed by atoms with E-state index < -0.39 is 0 Å². The normalized spacial score (nSPS) is 26.6. The molecule has 1 aliphatic carbocycles. The first kappa shape index (κ1) is 9.69. The topological polar surface area (TPSA) is 32.3 Å². The molecule has 2 N–H and O–H groups in total. The van der Waals surface area contributed by atoms with Gasteiger partial charge in [0.2, 0.25) is 0 Å². The van der Waals surface area contributed by atoms with Crippen LogP contribution in [0.15, 0.2) is 30.3 Å². The number of aliphatic hydroxyl groups is 1. The zero-order valence-electron chi connectivity index (χ0n) is 8.32. The molecular weight excluding hydrogens is 174 g/mol. The van der Waals surface area contributed by atoms with Crippen molar-refractivity contribution in [3.05, 3.63) is 35.9 Å². The molecule has 0 aliphatic heterocycles. The Balaban J connectivity index is 1.82. The first-order valence-electron chi connectivity index (χ1n) is 5.31. The van der Waals surface area contributed by atoms with Crippen LogP contribution in [0.1, 0.15) is 24.8 Å². The van der Waals surface area contributed by atoms with Gasteiger partial charge in [-0.05, 0) is 24.8 Å². The van der Waals surface area contributed by atoms with Crippen LogP contribution in [0.2, 0.25) is 0 Å². The average Bonchev–Trinajstić information content (AvgIpc) is 2.63. The van der Waals surface area contributed by atoms with Crippen molar-refractivity contribution in [1.82, 2.24) is 5.32 Å². The van der Waals surface area contributed by atoms with E-state index in [0.29, 0.717) is 6.04 Å². The quantitative estimate of drug-likeness (QED) is 0.762. The molecule has 14 heavy (non-hydrogen) atoms. The van der Waals surface area contributed by atoms with Crippen LogP contribution in [0.4, 0.5) is 0 Å². The fourth-order valence-electron chi connectivity index (χ4n) is 2.02. The molecule has 2 nitrogen and oxygen atoms in total. The van der Waals surface area contributed by atoms with Crippen molar-refractivity contribution < 1.29 is 5.11 Å². The predicted octanol–water partition coefficient (Wildman–Crippen LogP) is 1.69. The summed E-state index contributed by atoms with van der Waals surface area (Å²) in [5, 5.41) is 13.0. The Kier molecular flexibility index (Phi) is 3.17. The lowest BCUT2D eigenvalue weighted by atomic mass is 10.2. The van der Waals surface area contributed by atoms with Gasteiger partial charge in [-0.25, -0.2) is 0 Å². The van der Waals surface area contributed by atoms with Gasteiger partial charge in [0.05, 0.1) is 6.10 Å². The molecule has 0 radical (unpaired) electrons. The molecule has 1 aromatic rings. The summed E-state index contributed by atoms with van der Waals surface area (Å²) in [4.78, 5) is 0. The number of hydrogen-bond donors (Lipinski definition) is 2. The summed E-state index contributed by atoms with van der Waals surface area (Å²) in [5.41, 5.74) is 1.28. The van der Waals surface area contributed by atoms with Gasteiger partial charge in [-0.2, -0.15) is 0 Å². The summed E-state index contributed by atoms with van der Waals surface area (Å²) >= 11 is 0. The Morgan fingerprint density at radius 3 is 2.64 bits per heavy atom. The van der Waals surface area contributed by atoms with Gasteiger partial charge in [0.1, 0.15) is 0 Å². The SMILES string of the molecule is O[C@@H]1CCC[C@@H]1NCc1ccccc1. The summed E-state index contributed by atoms with van der Waals surface area (Å²) in [7, 11) is 0. The maximum atomic E-state index is 9.60. The minimum atomic E-state index is -0.140. The van der Waals surface area contributed by atoms with Crippen molar-refractivity contribution in [1.29, 1.82) is 0 Å². The molecule has 0 bridgehead atoms. The highest BCUT2D eigenvalue weighted by atomic mass is 16.3. The van der Waals surface area contributed by atoms with E-state index in [1.807, 2.05) is 18.2 Å². The molecule has 2 heteroatoms. The number of aliphatic hydroxyl groups excluding tert-OH is 1. The summed E-state index contributed by atoms with van der Waals surface area (Å²) in [6, 6.07) is 10.6. The van der Waals surface area contributed by atoms with Crippen LogP contribution in [0.25, 0.3) is 0 Å². The second kappa shape index (κ2) is 4.58. The van der Waals surface area contributed by atoms with E-state index in [1.54, 1.807) is 0 Å². The summed E-state index contributed by atoms with van der Waals surface area (Å²) in [6.45, 7) is 0.864. The van der Waals surface area contributed by atoms with Crippen molar-refractivity contribution in [2.45, 2.75) is 38.0 Å². The van der Waals surface area contributed by atoms with E-state index in [-0.39, 0.29) is 6.10 Å². The summed E-state index contributed by atoms with van der Waals surface area (Å²) in [6.07, 6.45) is 3.06. The third-order valence-electron chi connectivity index (χ3n) is 2.89. The lowest BCUT2D eigenvalue weighted by Crippen LogP contribution is -2.34. The number of rotatable bonds is 3. The highest BCUT2D eigenvalue weighted by Gasteiger charge is 2.24. The molecule has 1 aromatic carbocycles. The molecule has 0 amide bonds. The second-order valence-electron chi connectivity index (χ2n) is 3.97. The van der Waals surface area contributed by atoms with Crippen molar-refractivity contribution >= 4 is 0 Å². The molecule has 0 saturated heterocycles. The molecule has 2 rings (SSSR count). The van der Waals surface area contributed by atoms with Crippen LogP contribution in [0, 0.1) is 0 Å². The monoisotopic (exact) mass is 191 g/mol. The Morgan fingerprint density at radius 2 is 2.00 bits per heavy atom. The average molecular weight is 191 g/mol. The van der Waals surface area contributed by atoms with Crippen LogP contribution in [-0.2, 0) is 6.54 Å². The van der Waals surface area contributed by atoms with Gasteiger partial charge in [0, 0.05) is 12.6 Å². The van der Waals surface area contributed by atoms with Crippen LogP contribution < -0.4 is 5.32 Å². The zero-order chi connectivity index (χ0) is 9.80. The molecule has 2 atom stereocenters. The van der Waals surface area contributed by atoms with Crippen molar-refractivity contribution in [3.8, 4) is 0 Å². The molecule has 0 unspecified atom stereocenters. The van der Waals surface area contributed by atoms with Gasteiger partial charge >= 0.3 is 0 Å². The van der Waals surface area contributed by atoms with Gasteiger partial charge in [-0.15, -0.1) is 0 Å². The number of benzene rings is 1. The molecule has 1 aliphatic rings. The Bertz CT molecular complexity index is 273. The van der Waals surface area contributed by atoms with Gasteiger partial charge in [0.25, 0.3) is 0 Å². The van der Waals surface area contributed by atoms with Crippen LogP contribution in [0.5, 0.6) is 0 Å². The Hall–Kier alpha value is -0.860. The molecular formula is C12H17NO. The maximum absolute atomic E-state index is 9.60. The van der Waals surface area contributed by atoms with Crippen molar-refractivity contribution in [2.24, 2.45) is 0 Å². The Morgan fingerprint density at radius 1 is 1.21 bits per heavy atom. The van der Waals surface area contributed by atoms with E-state index in [1.165, 1.54) is 5.56 Å². The van der Waals surface area contributed by atoms with E-state index >= 15 is 0 Å². The molecule has 1 fully saturated rings. The molecule has 0 heterocycles. The lowest BCUT2D eigenvalue weighted by Gasteiger charge is -2.16. The molecule has 0 spiro atoms. The summed E-state index contributed by atoms with van der Waals surface area (Å²) in [5.74, 6) is 0. The maximum Gasteiger partial charge on any atom is 0.0693 e. The fourth-order valence-corrected chi connectivity index (χ4v) is 2.02. The highest BCUT2D eigenvalue weighted by Crippen LogP contribution is 2.19. The smallest absolute Gasteiger partial charge is 0.0693 e. The van der Waals surface area contributed by atoms with Crippen molar-refractivity contribution in [2.75, 3.05) is 0 Å². The van der Waals surface area contributed by atoms with E-state index in [9.17, 15) is 5.11 Å². The van der Waals surface area contributed by atoms with Crippen LogP contribution >= 0.6 is 0 Å². The van der Waals surface area contributed by atoms with Gasteiger partial charge < -0.3 is 10.4 Å². The van der Waals surface area contributed by atoms with Crippen LogP contribution in [0.3, 0.4) is 0 Å².